The van der Waals surface area contributed by atoms with Crippen LogP contribution in [0.1, 0.15) is 5.82 Å². The zero-order valence-electron chi connectivity index (χ0n) is 10.7. The van der Waals surface area contributed by atoms with E-state index in [1.54, 1.807) is 31.2 Å². The van der Waals surface area contributed by atoms with Gasteiger partial charge in [0, 0.05) is 6.07 Å². The van der Waals surface area contributed by atoms with Gasteiger partial charge in [-0.1, -0.05) is 23.7 Å². The third kappa shape index (κ3) is 1.94. The van der Waals surface area contributed by atoms with Gasteiger partial charge in [-0.2, -0.15) is 0 Å². The lowest BCUT2D eigenvalue weighted by Gasteiger charge is -2.12. The van der Waals surface area contributed by atoms with Gasteiger partial charge in [0.2, 0.25) is 0 Å². The van der Waals surface area contributed by atoms with Crippen LogP contribution in [-0.2, 0) is 0 Å². The second kappa shape index (κ2) is 4.65. The van der Waals surface area contributed by atoms with Crippen molar-refractivity contribution in [1.82, 2.24) is 9.55 Å². The first-order valence-corrected chi connectivity index (χ1v) is 6.43. The van der Waals surface area contributed by atoms with Crippen LogP contribution in [-0.4, -0.2) is 14.7 Å². The minimum absolute atomic E-state index is 0.0827. The van der Waals surface area contributed by atoms with Crippen LogP contribution in [0.3, 0.4) is 0 Å². The fourth-order valence-corrected chi connectivity index (χ4v) is 2.42. The average molecular weight is 287 g/mol. The summed E-state index contributed by atoms with van der Waals surface area (Å²) in [5.41, 5.74) is 0.857. The Kier molecular flexibility index (Phi) is 2.95. The van der Waals surface area contributed by atoms with Gasteiger partial charge >= 0.3 is 0 Å². The molecule has 4 nitrogen and oxygen atoms in total. The minimum atomic E-state index is -0.208. The van der Waals surface area contributed by atoms with E-state index in [0.29, 0.717) is 27.4 Å². The molecule has 0 aliphatic heterocycles. The summed E-state index contributed by atoms with van der Waals surface area (Å²) in [6.45, 7) is 1.73. The maximum Gasteiger partial charge on any atom is 0.266 e. The molecule has 0 unspecified atom stereocenters. The molecule has 0 atom stereocenters. The predicted molar refractivity (Wildman–Crippen MR) is 78.8 cm³/mol. The van der Waals surface area contributed by atoms with Crippen molar-refractivity contribution in [3.05, 3.63) is 63.7 Å². The number of para-hydroxylation sites is 1. The van der Waals surface area contributed by atoms with Crippen molar-refractivity contribution in [3.8, 4) is 11.4 Å². The van der Waals surface area contributed by atoms with Gasteiger partial charge in [0.25, 0.3) is 5.56 Å². The Balaban J connectivity index is 2.41. The highest BCUT2D eigenvalue weighted by Gasteiger charge is 2.12. The number of benzene rings is 2. The van der Waals surface area contributed by atoms with E-state index in [-0.39, 0.29) is 11.3 Å². The van der Waals surface area contributed by atoms with Gasteiger partial charge in [0.05, 0.1) is 21.6 Å². The molecule has 5 heteroatoms. The number of aromatic nitrogens is 2. The zero-order chi connectivity index (χ0) is 14.3. The van der Waals surface area contributed by atoms with E-state index in [1.807, 2.05) is 6.07 Å². The normalized spacial score (nSPS) is 10.9. The van der Waals surface area contributed by atoms with Gasteiger partial charge in [-0.25, -0.2) is 4.98 Å². The highest BCUT2D eigenvalue weighted by atomic mass is 35.5. The van der Waals surface area contributed by atoms with Crippen LogP contribution in [0.2, 0.25) is 5.02 Å². The molecule has 0 saturated heterocycles. The molecule has 0 saturated carbocycles. The molecule has 0 aliphatic carbocycles. The molecule has 100 valence electrons. The number of aromatic hydroxyl groups is 1. The molecule has 0 spiro atoms. The summed E-state index contributed by atoms with van der Waals surface area (Å²) in [4.78, 5) is 17.0. The van der Waals surface area contributed by atoms with Crippen molar-refractivity contribution >= 4 is 22.5 Å². The van der Waals surface area contributed by atoms with Crippen molar-refractivity contribution in [2.75, 3.05) is 0 Å². The van der Waals surface area contributed by atoms with Crippen LogP contribution in [0, 0.1) is 6.92 Å². The third-order valence-electron chi connectivity index (χ3n) is 3.11. The van der Waals surface area contributed by atoms with Gasteiger partial charge in [0.1, 0.15) is 11.6 Å². The Labute approximate surface area is 119 Å². The molecule has 1 heterocycles. The molecule has 0 amide bonds. The molecule has 0 aliphatic rings. The standard InChI is InChI=1S/C15H11ClN2O2/c1-9-17-13-8-10(19)6-7-11(13)15(20)18(9)14-5-3-2-4-12(14)16/h2-8,19H,1H3. The summed E-state index contributed by atoms with van der Waals surface area (Å²) in [5, 5.41) is 10.4. The molecule has 1 aromatic heterocycles. The number of halogens is 1. The van der Waals surface area contributed by atoms with Crippen molar-refractivity contribution in [3.63, 3.8) is 0 Å². The summed E-state index contributed by atoms with van der Waals surface area (Å²) in [6, 6.07) is 11.6. The molecule has 3 rings (SSSR count). The van der Waals surface area contributed by atoms with Gasteiger partial charge in [-0.3, -0.25) is 9.36 Å². The Morgan fingerprint density at radius 1 is 1.20 bits per heavy atom. The van der Waals surface area contributed by atoms with Gasteiger partial charge in [-0.15, -0.1) is 0 Å². The molecule has 0 bridgehead atoms. The highest BCUT2D eigenvalue weighted by Crippen LogP contribution is 2.21. The van der Waals surface area contributed by atoms with Crippen LogP contribution in [0.25, 0.3) is 16.6 Å². The van der Waals surface area contributed by atoms with E-state index in [0.717, 1.165) is 0 Å². The first kappa shape index (κ1) is 12.7. The summed E-state index contributed by atoms with van der Waals surface area (Å²) in [5.74, 6) is 0.598. The molecule has 0 fully saturated rings. The number of hydrogen-bond acceptors (Lipinski definition) is 3. The lowest BCUT2D eigenvalue weighted by molar-refractivity contribution is 0.476. The van der Waals surface area contributed by atoms with Crippen LogP contribution >= 0.6 is 11.6 Å². The smallest absolute Gasteiger partial charge is 0.266 e. The number of rotatable bonds is 1. The first-order valence-electron chi connectivity index (χ1n) is 6.05. The quantitative estimate of drug-likeness (QED) is 0.748. The minimum Gasteiger partial charge on any atom is -0.508 e. The number of phenolic OH excluding ortho intramolecular Hbond substituents is 1. The van der Waals surface area contributed by atoms with E-state index >= 15 is 0 Å². The van der Waals surface area contributed by atoms with Crippen molar-refractivity contribution < 1.29 is 5.11 Å². The zero-order valence-corrected chi connectivity index (χ0v) is 11.4. The molecule has 20 heavy (non-hydrogen) atoms. The van der Waals surface area contributed by atoms with Crippen LogP contribution in [0.15, 0.2) is 47.3 Å². The number of nitrogens with zero attached hydrogens (tertiary/aromatic N) is 2. The number of hydrogen-bond donors (Lipinski definition) is 1. The Morgan fingerprint density at radius 3 is 2.70 bits per heavy atom. The maximum absolute atomic E-state index is 12.6. The number of aryl methyl sites for hydroxylation is 1. The van der Waals surface area contributed by atoms with Crippen LogP contribution in [0.5, 0.6) is 5.75 Å². The third-order valence-corrected chi connectivity index (χ3v) is 3.43. The average Bonchev–Trinajstić information content (AvgIpc) is 2.40. The van der Waals surface area contributed by atoms with E-state index < -0.39 is 0 Å². The van der Waals surface area contributed by atoms with E-state index in [4.69, 9.17) is 11.6 Å². The maximum atomic E-state index is 12.6. The van der Waals surface area contributed by atoms with E-state index in [2.05, 4.69) is 4.98 Å². The van der Waals surface area contributed by atoms with Gasteiger partial charge in [0.15, 0.2) is 0 Å². The Morgan fingerprint density at radius 2 is 1.95 bits per heavy atom. The molecular formula is C15H11ClN2O2. The lowest BCUT2D eigenvalue weighted by Crippen LogP contribution is -2.22. The summed E-state index contributed by atoms with van der Waals surface area (Å²) < 4.78 is 1.47. The highest BCUT2D eigenvalue weighted by molar-refractivity contribution is 6.32. The lowest BCUT2D eigenvalue weighted by atomic mass is 10.2. The summed E-state index contributed by atoms with van der Waals surface area (Å²) >= 11 is 6.15. The molecular weight excluding hydrogens is 276 g/mol. The predicted octanol–water partition coefficient (Wildman–Crippen LogP) is 3.05. The van der Waals surface area contributed by atoms with Crippen molar-refractivity contribution in [2.24, 2.45) is 0 Å². The van der Waals surface area contributed by atoms with Crippen LogP contribution in [0.4, 0.5) is 0 Å². The Hall–Kier alpha value is -2.33. The van der Waals surface area contributed by atoms with Crippen LogP contribution < -0.4 is 5.56 Å². The van der Waals surface area contributed by atoms with Gasteiger partial charge < -0.3 is 5.11 Å². The summed E-state index contributed by atoms with van der Waals surface area (Å²) in [6.07, 6.45) is 0. The molecule has 2 aromatic carbocycles. The largest absolute Gasteiger partial charge is 0.508 e. The fourth-order valence-electron chi connectivity index (χ4n) is 2.20. The van der Waals surface area contributed by atoms with E-state index in [9.17, 15) is 9.90 Å². The first-order chi connectivity index (χ1) is 9.58. The van der Waals surface area contributed by atoms with E-state index in [1.165, 1.54) is 16.7 Å². The van der Waals surface area contributed by atoms with Gasteiger partial charge in [-0.05, 0) is 31.2 Å². The molecule has 3 aromatic rings. The number of fused-ring (bicyclic) bond motifs is 1. The Bertz CT molecular complexity index is 871. The SMILES string of the molecule is Cc1nc2cc(O)ccc2c(=O)n1-c1ccccc1Cl. The topological polar surface area (TPSA) is 55.1 Å². The monoisotopic (exact) mass is 286 g/mol. The second-order valence-corrected chi connectivity index (χ2v) is 4.86. The molecule has 0 radical (unpaired) electrons. The number of phenols is 1. The van der Waals surface area contributed by atoms with Crippen molar-refractivity contribution in [2.45, 2.75) is 6.92 Å². The van der Waals surface area contributed by atoms with Crippen molar-refractivity contribution in [1.29, 1.82) is 0 Å². The summed E-state index contributed by atoms with van der Waals surface area (Å²) in [7, 11) is 0. The second-order valence-electron chi connectivity index (χ2n) is 4.45. The fraction of sp³-hybridized carbons (Fsp3) is 0.0667. The molecule has 1 N–H and O–H groups in total.